The van der Waals surface area contributed by atoms with Crippen molar-refractivity contribution in [1.82, 2.24) is 5.32 Å². The van der Waals surface area contributed by atoms with E-state index in [1.807, 2.05) is 13.8 Å². The van der Waals surface area contributed by atoms with E-state index in [-0.39, 0.29) is 18.7 Å². The van der Waals surface area contributed by atoms with Gasteiger partial charge in [0.05, 0.1) is 12.6 Å². The monoisotopic (exact) mass is 256 g/mol. The molecule has 0 aliphatic rings. The van der Waals surface area contributed by atoms with Crippen molar-refractivity contribution >= 4 is 23.3 Å². The number of aliphatic hydroxyl groups is 1. The molecule has 4 nitrogen and oxygen atoms in total. The van der Waals surface area contributed by atoms with Gasteiger partial charge in [-0.25, -0.2) is 4.79 Å². The average Bonchev–Trinajstić information content (AvgIpc) is 2.23. The number of hydrogen-bond donors (Lipinski definition) is 3. The van der Waals surface area contributed by atoms with Crippen LogP contribution in [0.5, 0.6) is 0 Å². The molecule has 0 unspecified atom stereocenters. The molecule has 1 aromatic rings. The molecular weight excluding hydrogens is 240 g/mol. The second-order valence-electron chi connectivity index (χ2n) is 4.10. The Balaban J connectivity index is 2.78. The van der Waals surface area contributed by atoms with Crippen molar-refractivity contribution in [2.24, 2.45) is 0 Å². The summed E-state index contributed by atoms with van der Waals surface area (Å²) in [6.45, 7) is 5.39. The first-order valence-corrected chi connectivity index (χ1v) is 5.77. The fourth-order valence-electron chi connectivity index (χ4n) is 1.53. The van der Waals surface area contributed by atoms with Gasteiger partial charge in [0.2, 0.25) is 0 Å². The van der Waals surface area contributed by atoms with Crippen molar-refractivity contribution in [3.8, 4) is 0 Å². The highest BCUT2D eigenvalue weighted by atomic mass is 35.5. The van der Waals surface area contributed by atoms with Crippen molar-refractivity contribution in [3.05, 3.63) is 28.3 Å². The van der Waals surface area contributed by atoms with E-state index in [2.05, 4.69) is 10.6 Å². The standard InChI is InChI=1S/C12H17ClN2O2/c1-7-4-10(13)5-8(2)11(7)15-12(17)14-9(3)6-16/h4-5,9,16H,6H2,1-3H3,(H2,14,15,17)/t9-/m0/s1. The number of aryl methyl sites for hydroxylation is 2. The van der Waals surface area contributed by atoms with Crippen LogP contribution in [-0.2, 0) is 0 Å². The SMILES string of the molecule is Cc1cc(Cl)cc(C)c1NC(=O)N[C@@H](C)CO. The molecule has 2 amide bonds. The average molecular weight is 257 g/mol. The summed E-state index contributed by atoms with van der Waals surface area (Å²) in [5.74, 6) is 0. The van der Waals surface area contributed by atoms with E-state index >= 15 is 0 Å². The predicted octanol–water partition coefficient (Wildman–Crippen LogP) is 2.46. The Morgan fingerprint density at radius 2 is 1.94 bits per heavy atom. The first kappa shape index (κ1) is 13.8. The number of carbonyl (C=O) groups excluding carboxylic acids is 1. The highest BCUT2D eigenvalue weighted by Gasteiger charge is 2.10. The number of nitrogens with one attached hydrogen (secondary N) is 2. The van der Waals surface area contributed by atoms with E-state index in [1.165, 1.54) is 0 Å². The molecule has 1 rings (SSSR count). The molecular formula is C12H17ClN2O2. The molecule has 94 valence electrons. The number of halogens is 1. The van der Waals surface area contributed by atoms with E-state index < -0.39 is 0 Å². The van der Waals surface area contributed by atoms with Gasteiger partial charge in [-0.3, -0.25) is 0 Å². The zero-order valence-corrected chi connectivity index (χ0v) is 10.9. The molecule has 0 bridgehead atoms. The number of rotatable bonds is 3. The Morgan fingerprint density at radius 3 is 2.41 bits per heavy atom. The molecule has 0 spiro atoms. The number of amides is 2. The highest BCUT2D eigenvalue weighted by molar-refractivity contribution is 6.30. The van der Waals surface area contributed by atoms with E-state index in [0.29, 0.717) is 5.02 Å². The molecule has 0 aliphatic carbocycles. The van der Waals surface area contributed by atoms with E-state index in [9.17, 15) is 4.79 Å². The topological polar surface area (TPSA) is 61.4 Å². The lowest BCUT2D eigenvalue weighted by atomic mass is 10.1. The number of urea groups is 1. The first-order valence-electron chi connectivity index (χ1n) is 5.39. The third-order valence-corrected chi connectivity index (χ3v) is 2.61. The molecule has 0 heterocycles. The lowest BCUT2D eigenvalue weighted by Crippen LogP contribution is -2.38. The molecule has 0 saturated heterocycles. The number of carbonyl (C=O) groups is 1. The van der Waals surface area contributed by atoms with E-state index in [1.54, 1.807) is 19.1 Å². The quantitative estimate of drug-likeness (QED) is 0.778. The number of benzene rings is 1. The lowest BCUT2D eigenvalue weighted by molar-refractivity contribution is 0.229. The van der Waals surface area contributed by atoms with Crippen molar-refractivity contribution < 1.29 is 9.90 Å². The summed E-state index contributed by atoms with van der Waals surface area (Å²) >= 11 is 5.90. The minimum Gasteiger partial charge on any atom is -0.394 e. The molecule has 17 heavy (non-hydrogen) atoms. The Kier molecular flexibility index (Phi) is 4.78. The van der Waals surface area contributed by atoms with Crippen LogP contribution in [0, 0.1) is 13.8 Å². The van der Waals surface area contributed by atoms with Crippen LogP contribution in [0.3, 0.4) is 0 Å². The van der Waals surface area contributed by atoms with Crippen molar-refractivity contribution in [2.75, 3.05) is 11.9 Å². The number of anilines is 1. The Hall–Kier alpha value is -1.26. The van der Waals surface area contributed by atoms with Gasteiger partial charge in [-0.05, 0) is 44.0 Å². The minimum atomic E-state index is -0.333. The maximum atomic E-state index is 11.6. The first-order chi connectivity index (χ1) is 7.93. The van der Waals surface area contributed by atoms with Crippen molar-refractivity contribution in [1.29, 1.82) is 0 Å². The molecule has 1 atom stereocenters. The second-order valence-corrected chi connectivity index (χ2v) is 4.53. The molecule has 0 aliphatic heterocycles. The summed E-state index contributed by atoms with van der Waals surface area (Å²) in [5.41, 5.74) is 2.56. The third-order valence-electron chi connectivity index (χ3n) is 2.39. The molecule has 0 saturated carbocycles. The predicted molar refractivity (Wildman–Crippen MR) is 69.6 cm³/mol. The summed E-state index contributed by atoms with van der Waals surface area (Å²) in [7, 11) is 0. The summed E-state index contributed by atoms with van der Waals surface area (Å²) in [6, 6.07) is 2.97. The van der Waals surface area contributed by atoms with Crippen LogP contribution in [0.4, 0.5) is 10.5 Å². The van der Waals surface area contributed by atoms with Crippen LogP contribution in [0.2, 0.25) is 5.02 Å². The zero-order chi connectivity index (χ0) is 13.0. The lowest BCUT2D eigenvalue weighted by Gasteiger charge is -2.15. The van der Waals surface area contributed by atoms with Gasteiger partial charge in [-0.1, -0.05) is 11.6 Å². The second kappa shape index (κ2) is 5.89. The van der Waals surface area contributed by atoms with Crippen LogP contribution in [-0.4, -0.2) is 23.8 Å². The van der Waals surface area contributed by atoms with Crippen molar-refractivity contribution in [2.45, 2.75) is 26.8 Å². The largest absolute Gasteiger partial charge is 0.394 e. The molecule has 5 heteroatoms. The molecule has 0 aromatic heterocycles. The fraction of sp³-hybridized carbons (Fsp3) is 0.417. The van der Waals surface area contributed by atoms with Gasteiger partial charge in [-0.2, -0.15) is 0 Å². The molecule has 0 fully saturated rings. The van der Waals surface area contributed by atoms with Crippen LogP contribution in [0.15, 0.2) is 12.1 Å². The normalized spacial score (nSPS) is 12.1. The van der Waals surface area contributed by atoms with Crippen LogP contribution in [0.25, 0.3) is 0 Å². The Bertz CT molecular complexity index is 398. The van der Waals surface area contributed by atoms with Gasteiger partial charge < -0.3 is 15.7 Å². The minimum absolute atomic E-state index is 0.0913. The van der Waals surface area contributed by atoms with Crippen LogP contribution >= 0.6 is 11.6 Å². The number of hydrogen-bond acceptors (Lipinski definition) is 2. The summed E-state index contributed by atoms with van der Waals surface area (Å²) in [4.78, 5) is 11.6. The van der Waals surface area contributed by atoms with Crippen LogP contribution in [0.1, 0.15) is 18.1 Å². The maximum absolute atomic E-state index is 11.6. The van der Waals surface area contributed by atoms with Gasteiger partial charge >= 0.3 is 6.03 Å². The van der Waals surface area contributed by atoms with E-state index in [4.69, 9.17) is 16.7 Å². The van der Waals surface area contributed by atoms with Crippen molar-refractivity contribution in [3.63, 3.8) is 0 Å². The summed E-state index contributed by atoms with van der Waals surface area (Å²) in [6.07, 6.45) is 0. The van der Waals surface area contributed by atoms with Crippen LogP contribution < -0.4 is 10.6 Å². The Morgan fingerprint density at radius 1 is 1.41 bits per heavy atom. The third kappa shape index (κ3) is 3.91. The smallest absolute Gasteiger partial charge is 0.319 e. The van der Waals surface area contributed by atoms with Gasteiger partial charge in [0.1, 0.15) is 0 Å². The highest BCUT2D eigenvalue weighted by Crippen LogP contribution is 2.24. The van der Waals surface area contributed by atoms with Gasteiger partial charge in [0.15, 0.2) is 0 Å². The molecule has 3 N–H and O–H groups in total. The van der Waals surface area contributed by atoms with Gasteiger partial charge in [0.25, 0.3) is 0 Å². The fourth-order valence-corrected chi connectivity index (χ4v) is 1.85. The maximum Gasteiger partial charge on any atom is 0.319 e. The summed E-state index contributed by atoms with van der Waals surface area (Å²) < 4.78 is 0. The van der Waals surface area contributed by atoms with E-state index in [0.717, 1.165) is 16.8 Å². The Labute approximate surface area is 106 Å². The molecule has 0 radical (unpaired) electrons. The van der Waals surface area contributed by atoms with Gasteiger partial charge in [-0.15, -0.1) is 0 Å². The summed E-state index contributed by atoms with van der Waals surface area (Å²) in [5, 5.41) is 14.8. The van der Waals surface area contributed by atoms with Gasteiger partial charge in [0, 0.05) is 10.7 Å². The number of aliphatic hydroxyl groups excluding tert-OH is 1. The zero-order valence-electron chi connectivity index (χ0n) is 10.2. The molecule has 1 aromatic carbocycles.